The highest BCUT2D eigenvalue weighted by atomic mass is 35.5. The number of alkyl carbamates (subject to hydrolysis) is 1. The molecule has 0 unspecified atom stereocenters. The number of carbonyl (C=O) groups is 2. The minimum Gasteiger partial charge on any atom is -0.492 e. The standard InChI is InChI=1S/C21H22ClF2N3O4.C12H21ClN2O2/c1-31-18-15-10(17(28)11(19(29)30)7-27(15)14-6-12(14)23)5-13(24)16(18)26-8-20(22)3-2-4-21(20,25)9-26;1-10(2,3)17-9(16)15-12-6-4-5-11(12,13)7-14-8-12/h5,7,12,14H,2-4,6,8-9,25H2,1H3,(H,29,30);14H,4-8H2,1-3H3,(H,15,16)/t12-,14+,20-,21+;11-,12+/m00/s1. The van der Waals surface area contributed by atoms with E-state index in [0.29, 0.717) is 25.9 Å². The predicted octanol–water partition coefficient (Wildman–Crippen LogP) is 4.82. The van der Waals surface area contributed by atoms with Crippen molar-refractivity contribution in [1.29, 1.82) is 0 Å². The number of aromatic nitrogens is 1. The lowest BCUT2D eigenvalue weighted by molar-refractivity contribution is 0.0455. The molecular weight excluding hydrogens is 671 g/mol. The fourth-order valence-electron chi connectivity index (χ4n) is 8.09. The van der Waals surface area contributed by atoms with Gasteiger partial charge in [-0.2, -0.15) is 0 Å². The number of pyridine rings is 1. The number of alkyl halides is 3. The van der Waals surface area contributed by atoms with Crippen LogP contribution in [0.4, 0.5) is 19.3 Å². The molecule has 15 heteroatoms. The molecule has 3 saturated carbocycles. The van der Waals surface area contributed by atoms with E-state index < -0.39 is 51.0 Å². The smallest absolute Gasteiger partial charge is 0.408 e. The van der Waals surface area contributed by atoms with Crippen LogP contribution in [0.3, 0.4) is 0 Å². The van der Waals surface area contributed by atoms with Crippen molar-refractivity contribution < 1.29 is 33.0 Å². The number of ether oxygens (including phenoxy) is 2. The molecule has 2 aromatic rings. The molecule has 3 heterocycles. The van der Waals surface area contributed by atoms with Gasteiger partial charge >= 0.3 is 12.1 Å². The van der Waals surface area contributed by atoms with E-state index in [1.165, 1.54) is 11.7 Å². The lowest BCUT2D eigenvalue weighted by atomic mass is 9.90. The molecule has 5 fully saturated rings. The summed E-state index contributed by atoms with van der Waals surface area (Å²) in [6, 6.07) is 0.360. The number of fused-ring (bicyclic) bond motifs is 3. The summed E-state index contributed by atoms with van der Waals surface area (Å²) in [5, 5.41) is 15.5. The molecule has 7 rings (SSSR count). The van der Waals surface area contributed by atoms with Crippen LogP contribution in [-0.4, -0.2) is 87.6 Å². The number of nitrogens with zero attached hydrogens (tertiary/aromatic N) is 2. The first-order valence-corrected chi connectivity index (χ1v) is 17.1. The van der Waals surface area contributed by atoms with Gasteiger partial charge in [0.15, 0.2) is 11.6 Å². The number of anilines is 1. The highest BCUT2D eigenvalue weighted by Gasteiger charge is 2.59. The zero-order valence-corrected chi connectivity index (χ0v) is 29.1. The number of carbonyl (C=O) groups excluding carboxylic acids is 1. The second-order valence-corrected chi connectivity index (χ2v) is 16.4. The molecule has 6 atom stereocenters. The number of rotatable bonds is 5. The summed E-state index contributed by atoms with van der Waals surface area (Å²) in [5.74, 6) is -2.15. The molecule has 264 valence electrons. The zero-order valence-electron chi connectivity index (χ0n) is 27.6. The monoisotopic (exact) mass is 713 g/mol. The third kappa shape index (κ3) is 5.78. The largest absolute Gasteiger partial charge is 0.492 e. The fraction of sp³-hybridized carbons (Fsp3) is 0.667. The van der Waals surface area contributed by atoms with Crippen LogP contribution in [0.1, 0.15) is 82.1 Å². The molecule has 0 spiro atoms. The van der Waals surface area contributed by atoms with Crippen molar-refractivity contribution in [2.24, 2.45) is 5.73 Å². The van der Waals surface area contributed by atoms with Gasteiger partial charge in [-0.05, 0) is 65.4 Å². The summed E-state index contributed by atoms with van der Waals surface area (Å²) < 4.78 is 41.6. The highest BCUT2D eigenvalue weighted by molar-refractivity contribution is 6.26. The molecule has 3 aliphatic carbocycles. The fourth-order valence-corrected chi connectivity index (χ4v) is 8.95. The third-order valence-electron chi connectivity index (χ3n) is 10.6. The maximum atomic E-state index is 15.4. The van der Waals surface area contributed by atoms with Crippen LogP contribution in [0.2, 0.25) is 0 Å². The number of nitrogens with two attached hydrogens (primary N) is 1. The molecule has 48 heavy (non-hydrogen) atoms. The molecule has 1 amide bonds. The summed E-state index contributed by atoms with van der Waals surface area (Å²) in [6.45, 7) is 7.68. The van der Waals surface area contributed by atoms with Crippen molar-refractivity contribution in [3.63, 3.8) is 0 Å². The first kappa shape index (κ1) is 35.0. The van der Waals surface area contributed by atoms with Crippen LogP contribution in [-0.2, 0) is 4.74 Å². The zero-order chi connectivity index (χ0) is 35.0. The van der Waals surface area contributed by atoms with Gasteiger partial charge in [-0.25, -0.2) is 18.4 Å². The first-order valence-electron chi connectivity index (χ1n) is 16.3. The maximum Gasteiger partial charge on any atom is 0.408 e. The maximum absolute atomic E-state index is 15.4. The van der Waals surface area contributed by atoms with Gasteiger partial charge in [-0.15, -0.1) is 23.2 Å². The van der Waals surface area contributed by atoms with Gasteiger partial charge in [0.1, 0.15) is 23.0 Å². The summed E-state index contributed by atoms with van der Waals surface area (Å²) in [7, 11) is 1.34. The van der Waals surface area contributed by atoms with Crippen LogP contribution in [0.15, 0.2) is 17.1 Å². The van der Waals surface area contributed by atoms with Crippen molar-refractivity contribution in [3.8, 4) is 5.75 Å². The molecule has 1 aromatic carbocycles. The van der Waals surface area contributed by atoms with Gasteiger partial charge in [0.2, 0.25) is 5.43 Å². The molecule has 1 aromatic heterocycles. The number of halogens is 4. The Kier molecular flexibility index (Phi) is 8.66. The summed E-state index contributed by atoms with van der Waals surface area (Å²) in [4.78, 5) is 36.9. The Morgan fingerprint density at radius 1 is 1.12 bits per heavy atom. The number of nitrogens with one attached hydrogen (secondary N) is 2. The molecule has 5 N–H and O–H groups in total. The number of amides is 1. The Morgan fingerprint density at radius 2 is 1.79 bits per heavy atom. The van der Waals surface area contributed by atoms with Gasteiger partial charge in [-0.1, -0.05) is 0 Å². The number of aromatic carboxylic acids is 1. The van der Waals surface area contributed by atoms with Crippen LogP contribution < -0.4 is 31.4 Å². The van der Waals surface area contributed by atoms with Gasteiger partial charge in [0, 0.05) is 38.8 Å². The van der Waals surface area contributed by atoms with Crippen LogP contribution in [0, 0.1) is 5.82 Å². The second kappa shape index (κ2) is 11.9. The Morgan fingerprint density at radius 3 is 2.40 bits per heavy atom. The normalized spacial score (nSPS) is 33.6. The Hall–Kier alpha value is -2.87. The number of methoxy groups -OCH3 is 1. The van der Waals surface area contributed by atoms with E-state index in [0.717, 1.165) is 51.0 Å². The molecular formula is C33H43Cl2F2N5O6. The number of hydrogen-bond donors (Lipinski definition) is 4. The van der Waals surface area contributed by atoms with Crippen molar-refractivity contribution in [2.75, 3.05) is 38.2 Å². The number of hydrogen-bond acceptors (Lipinski definition) is 8. The first-order chi connectivity index (χ1) is 22.4. The molecule has 0 radical (unpaired) electrons. The van der Waals surface area contributed by atoms with E-state index in [4.69, 9.17) is 38.4 Å². The van der Waals surface area contributed by atoms with Crippen molar-refractivity contribution in [2.45, 2.75) is 104 Å². The van der Waals surface area contributed by atoms with Crippen LogP contribution in [0.5, 0.6) is 5.75 Å². The topological polar surface area (TPSA) is 148 Å². The minimum absolute atomic E-state index is 0.0481. The van der Waals surface area contributed by atoms with Gasteiger partial charge < -0.3 is 40.4 Å². The SMILES string of the molecule is CC(C)(C)OC(=O)N[C@@]12CCC[C@]1(Cl)CNC2.COc1c(N2C[C@]3(N)CCC[C@]3(Cl)C2)c(F)cc2c(=O)c(C(=O)O)cn([C@@H]3C[C@@H]3F)c12. The van der Waals surface area contributed by atoms with Crippen LogP contribution >= 0.6 is 23.2 Å². The van der Waals surface area contributed by atoms with Gasteiger partial charge in [-0.3, -0.25) is 4.79 Å². The summed E-state index contributed by atoms with van der Waals surface area (Å²) in [6.07, 6.45) is 4.97. The van der Waals surface area contributed by atoms with E-state index >= 15 is 4.39 Å². The van der Waals surface area contributed by atoms with Crippen molar-refractivity contribution in [1.82, 2.24) is 15.2 Å². The van der Waals surface area contributed by atoms with E-state index in [-0.39, 0.29) is 45.3 Å². The average molecular weight is 715 g/mol. The third-order valence-corrected chi connectivity index (χ3v) is 12.0. The lowest BCUT2D eigenvalue weighted by Crippen LogP contribution is -2.59. The number of benzene rings is 1. The predicted molar refractivity (Wildman–Crippen MR) is 179 cm³/mol. The number of carboxylic acid groups (broad SMARTS) is 1. The Labute approximate surface area is 287 Å². The molecule has 2 saturated heterocycles. The van der Waals surface area contributed by atoms with Crippen molar-refractivity contribution >= 4 is 51.9 Å². The average Bonchev–Trinajstić information content (AvgIpc) is 3.18. The van der Waals surface area contributed by atoms with E-state index in [1.807, 2.05) is 20.8 Å². The van der Waals surface area contributed by atoms with Crippen molar-refractivity contribution in [3.05, 3.63) is 33.9 Å². The summed E-state index contributed by atoms with van der Waals surface area (Å²) in [5.41, 5.74) is 3.94. The Balaban J connectivity index is 0.000000200. The highest BCUT2D eigenvalue weighted by Crippen LogP contribution is 2.52. The quantitative estimate of drug-likeness (QED) is 0.320. The van der Waals surface area contributed by atoms with Gasteiger partial charge in [0.05, 0.1) is 44.9 Å². The molecule has 0 bridgehead atoms. The minimum atomic E-state index is -1.46. The van der Waals surface area contributed by atoms with E-state index in [2.05, 4.69) is 10.6 Å². The van der Waals surface area contributed by atoms with Crippen LogP contribution in [0.25, 0.3) is 10.9 Å². The summed E-state index contributed by atoms with van der Waals surface area (Å²) >= 11 is 13.4. The molecule has 11 nitrogen and oxygen atoms in total. The molecule has 2 aliphatic heterocycles. The lowest BCUT2D eigenvalue weighted by Gasteiger charge is -2.36. The van der Waals surface area contributed by atoms with E-state index in [1.54, 1.807) is 4.90 Å². The van der Waals surface area contributed by atoms with E-state index in [9.17, 15) is 23.9 Å². The van der Waals surface area contributed by atoms with Gasteiger partial charge in [0.25, 0.3) is 0 Å². The number of carboxylic acids is 1. The second-order valence-electron chi connectivity index (χ2n) is 15.0. The Bertz CT molecular complexity index is 1690. The molecule has 5 aliphatic rings.